The van der Waals surface area contributed by atoms with Crippen LogP contribution in [0.3, 0.4) is 0 Å². The Morgan fingerprint density at radius 1 is 1.08 bits per heavy atom. The highest BCUT2D eigenvalue weighted by Gasteiger charge is 2.29. The maximum absolute atomic E-state index is 12.4. The van der Waals surface area contributed by atoms with Crippen molar-refractivity contribution < 1.29 is 22.5 Å². The summed E-state index contributed by atoms with van der Waals surface area (Å²) < 4.78 is 31.9. The topological polar surface area (TPSA) is 130 Å². The third kappa shape index (κ3) is 5.53. The zero-order chi connectivity index (χ0) is 19.4. The summed E-state index contributed by atoms with van der Waals surface area (Å²) >= 11 is 0. The molecule has 2 amide bonds. The Morgan fingerprint density at radius 2 is 1.64 bits per heavy atom. The van der Waals surface area contributed by atoms with Crippen molar-refractivity contribution in [1.82, 2.24) is 20.5 Å². The molecule has 1 aromatic rings. The molecule has 0 saturated heterocycles. The number of carbonyl (C=O) groups excluding carboxylic acids is 2. The van der Waals surface area contributed by atoms with Crippen molar-refractivity contribution in [2.24, 2.45) is 0 Å². The second kappa shape index (κ2) is 8.43. The van der Waals surface area contributed by atoms with Crippen molar-refractivity contribution in [3.8, 4) is 0 Å². The fraction of sp³-hybridized carbons (Fsp3) is 0.667. The van der Waals surface area contributed by atoms with Gasteiger partial charge in [-0.3, -0.25) is 9.59 Å². The average molecular weight is 374 g/mol. The normalized spacial score (nSPS) is 15.3. The van der Waals surface area contributed by atoms with E-state index in [0.29, 0.717) is 0 Å². The first kappa shape index (κ1) is 21.1. The lowest BCUT2D eigenvalue weighted by molar-refractivity contribution is -0.129. The van der Waals surface area contributed by atoms with Gasteiger partial charge in [-0.2, -0.15) is 4.72 Å². The van der Waals surface area contributed by atoms with Gasteiger partial charge in [-0.1, -0.05) is 12.1 Å². The number of hydrogen-bond donors (Lipinski definition) is 3. The molecule has 0 saturated carbocycles. The molecule has 1 aromatic heterocycles. The summed E-state index contributed by atoms with van der Waals surface area (Å²) in [6, 6.07) is -1.87. The number of aromatic nitrogens is 1. The first-order valence-electron chi connectivity index (χ1n) is 8.05. The van der Waals surface area contributed by atoms with Crippen molar-refractivity contribution in [1.29, 1.82) is 0 Å². The minimum atomic E-state index is -3.97. The SMILES string of the molecule is CCC(C)NC(=O)C(C)NC(=O)[C@H](C)NS(=O)(=O)c1c(C)noc1C. The lowest BCUT2D eigenvalue weighted by Gasteiger charge is -2.20. The molecule has 0 aliphatic carbocycles. The summed E-state index contributed by atoms with van der Waals surface area (Å²) in [6.45, 7) is 9.68. The fourth-order valence-corrected chi connectivity index (χ4v) is 3.61. The van der Waals surface area contributed by atoms with Crippen LogP contribution in [0, 0.1) is 13.8 Å². The van der Waals surface area contributed by atoms with E-state index in [1.807, 2.05) is 13.8 Å². The van der Waals surface area contributed by atoms with Gasteiger partial charge in [0.05, 0.1) is 6.04 Å². The predicted octanol–water partition coefficient (Wildman–Crippen LogP) is 0.378. The molecule has 10 heteroatoms. The van der Waals surface area contributed by atoms with Crippen molar-refractivity contribution in [2.45, 2.75) is 71.0 Å². The molecule has 9 nitrogen and oxygen atoms in total. The highest BCUT2D eigenvalue weighted by molar-refractivity contribution is 7.89. The van der Waals surface area contributed by atoms with Crippen LogP contribution < -0.4 is 15.4 Å². The molecule has 0 aliphatic heterocycles. The summed E-state index contributed by atoms with van der Waals surface area (Å²) in [5, 5.41) is 8.83. The van der Waals surface area contributed by atoms with Gasteiger partial charge < -0.3 is 15.2 Å². The molecule has 0 radical (unpaired) electrons. The van der Waals surface area contributed by atoms with E-state index in [-0.39, 0.29) is 28.3 Å². The lowest BCUT2D eigenvalue weighted by atomic mass is 10.2. The highest BCUT2D eigenvalue weighted by Crippen LogP contribution is 2.18. The summed E-state index contributed by atoms with van der Waals surface area (Å²) in [4.78, 5) is 24.0. The van der Waals surface area contributed by atoms with Crippen molar-refractivity contribution in [3.05, 3.63) is 11.5 Å². The molecular formula is C15H26N4O5S. The van der Waals surface area contributed by atoms with Gasteiger partial charge in [0.15, 0.2) is 5.76 Å². The molecule has 0 aromatic carbocycles. The first-order chi connectivity index (χ1) is 11.5. The monoisotopic (exact) mass is 374 g/mol. The van der Waals surface area contributed by atoms with Gasteiger partial charge in [0, 0.05) is 6.04 Å². The molecule has 2 unspecified atom stereocenters. The smallest absolute Gasteiger partial charge is 0.246 e. The summed E-state index contributed by atoms with van der Waals surface area (Å²) in [5.41, 5.74) is 0.207. The number of rotatable bonds is 8. The van der Waals surface area contributed by atoms with E-state index < -0.39 is 28.0 Å². The summed E-state index contributed by atoms with van der Waals surface area (Å²) in [7, 11) is -3.97. The van der Waals surface area contributed by atoms with Gasteiger partial charge >= 0.3 is 0 Å². The van der Waals surface area contributed by atoms with E-state index in [1.54, 1.807) is 0 Å². The maximum Gasteiger partial charge on any atom is 0.246 e. The number of aryl methyl sites for hydroxylation is 2. The van der Waals surface area contributed by atoms with E-state index in [2.05, 4.69) is 20.5 Å². The zero-order valence-electron chi connectivity index (χ0n) is 15.3. The molecule has 0 spiro atoms. The maximum atomic E-state index is 12.4. The van der Waals surface area contributed by atoms with E-state index in [9.17, 15) is 18.0 Å². The van der Waals surface area contributed by atoms with E-state index in [0.717, 1.165) is 6.42 Å². The van der Waals surface area contributed by atoms with Crippen molar-refractivity contribution in [3.63, 3.8) is 0 Å². The van der Waals surface area contributed by atoms with Gasteiger partial charge in [-0.15, -0.1) is 0 Å². The van der Waals surface area contributed by atoms with E-state index in [1.165, 1.54) is 27.7 Å². The Kier molecular flexibility index (Phi) is 7.12. The minimum absolute atomic E-state index is 0.0117. The van der Waals surface area contributed by atoms with Crippen LogP contribution in [0.1, 0.15) is 45.6 Å². The quantitative estimate of drug-likeness (QED) is 0.603. The Bertz CT molecular complexity index is 709. The van der Waals surface area contributed by atoms with Crippen molar-refractivity contribution in [2.75, 3.05) is 0 Å². The van der Waals surface area contributed by atoms with Gasteiger partial charge in [0.2, 0.25) is 21.8 Å². The number of hydrogen-bond acceptors (Lipinski definition) is 6. The second-order valence-corrected chi connectivity index (χ2v) is 7.70. The molecule has 25 heavy (non-hydrogen) atoms. The number of amides is 2. The largest absolute Gasteiger partial charge is 0.360 e. The fourth-order valence-electron chi connectivity index (χ4n) is 2.08. The highest BCUT2D eigenvalue weighted by atomic mass is 32.2. The molecule has 142 valence electrons. The van der Waals surface area contributed by atoms with Crippen LogP contribution in [0.5, 0.6) is 0 Å². The van der Waals surface area contributed by atoms with Crippen LogP contribution in [-0.2, 0) is 19.6 Å². The molecule has 0 fully saturated rings. The van der Waals surface area contributed by atoms with Gasteiger partial charge in [-0.05, 0) is 41.0 Å². The molecule has 1 heterocycles. The summed E-state index contributed by atoms with van der Waals surface area (Å²) in [6.07, 6.45) is 0.764. The molecule has 0 bridgehead atoms. The zero-order valence-corrected chi connectivity index (χ0v) is 16.2. The number of sulfonamides is 1. The standard InChI is InChI=1S/C15H26N4O5S/c1-7-8(2)16-14(20)10(4)17-15(21)11(5)19-25(22,23)13-9(3)18-24-12(13)6/h8,10-11,19H,7H2,1-6H3,(H,16,20)(H,17,21)/t8?,10?,11-/m0/s1. The third-order valence-electron chi connectivity index (χ3n) is 3.71. The van der Waals surface area contributed by atoms with Gasteiger partial charge in [-0.25, -0.2) is 8.42 Å². The van der Waals surface area contributed by atoms with E-state index >= 15 is 0 Å². The molecular weight excluding hydrogens is 348 g/mol. The average Bonchev–Trinajstić information content (AvgIpc) is 2.85. The predicted molar refractivity (Wildman–Crippen MR) is 91.3 cm³/mol. The van der Waals surface area contributed by atoms with Crippen LogP contribution in [-0.4, -0.2) is 43.5 Å². The van der Waals surface area contributed by atoms with Crippen LogP contribution >= 0.6 is 0 Å². The minimum Gasteiger partial charge on any atom is -0.360 e. The number of nitrogens with zero attached hydrogens (tertiary/aromatic N) is 1. The van der Waals surface area contributed by atoms with Crippen LogP contribution in [0.2, 0.25) is 0 Å². The van der Waals surface area contributed by atoms with E-state index in [4.69, 9.17) is 4.52 Å². The number of nitrogens with one attached hydrogen (secondary N) is 3. The number of carbonyl (C=O) groups is 2. The Balaban J connectivity index is 2.72. The Hall–Kier alpha value is -1.94. The molecule has 1 rings (SSSR count). The summed E-state index contributed by atoms with van der Waals surface area (Å²) in [5.74, 6) is -0.801. The molecule has 0 aliphatic rings. The van der Waals surface area contributed by atoms with Crippen molar-refractivity contribution >= 4 is 21.8 Å². The lowest BCUT2D eigenvalue weighted by Crippen LogP contribution is -2.52. The third-order valence-corrected chi connectivity index (χ3v) is 5.50. The van der Waals surface area contributed by atoms with Crippen LogP contribution in [0.25, 0.3) is 0 Å². The molecule has 3 atom stereocenters. The molecule has 3 N–H and O–H groups in total. The van der Waals surface area contributed by atoms with Gasteiger partial charge in [0.1, 0.15) is 16.6 Å². The van der Waals surface area contributed by atoms with Gasteiger partial charge in [0.25, 0.3) is 0 Å². The first-order valence-corrected chi connectivity index (χ1v) is 9.53. The van der Waals surface area contributed by atoms with Crippen LogP contribution in [0.4, 0.5) is 0 Å². The Labute approximate surface area is 148 Å². The van der Waals surface area contributed by atoms with Crippen LogP contribution in [0.15, 0.2) is 9.42 Å². The second-order valence-electron chi connectivity index (χ2n) is 6.04. The Morgan fingerprint density at radius 3 is 2.12 bits per heavy atom.